The Morgan fingerprint density at radius 1 is 1.60 bits per heavy atom. The fraction of sp³-hybridized carbons (Fsp3) is 0.111. The highest BCUT2D eigenvalue weighted by Crippen LogP contribution is 2.19. The SMILES string of the molecule is [C-]#[N+]Cn1cnc2cc([N+](=O)[O-])ccc21. The van der Waals surface area contributed by atoms with Crippen LogP contribution in [0.15, 0.2) is 24.5 Å². The quantitative estimate of drug-likeness (QED) is 0.424. The first-order chi connectivity index (χ1) is 7.22. The van der Waals surface area contributed by atoms with Crippen LogP contribution in [0.2, 0.25) is 0 Å². The van der Waals surface area contributed by atoms with Gasteiger partial charge in [0.05, 0.1) is 16.0 Å². The Morgan fingerprint density at radius 3 is 3.07 bits per heavy atom. The molecule has 0 radical (unpaired) electrons. The van der Waals surface area contributed by atoms with Crippen molar-refractivity contribution in [2.75, 3.05) is 0 Å². The molecule has 2 aromatic rings. The molecule has 0 aliphatic carbocycles. The molecule has 0 aliphatic rings. The van der Waals surface area contributed by atoms with Crippen molar-refractivity contribution in [1.29, 1.82) is 0 Å². The fourth-order valence-corrected chi connectivity index (χ4v) is 1.35. The van der Waals surface area contributed by atoms with E-state index in [0.717, 1.165) is 5.52 Å². The smallest absolute Gasteiger partial charge is 0.293 e. The zero-order valence-corrected chi connectivity index (χ0v) is 7.62. The fourth-order valence-electron chi connectivity index (χ4n) is 1.35. The van der Waals surface area contributed by atoms with Gasteiger partial charge in [0.25, 0.3) is 12.4 Å². The van der Waals surface area contributed by atoms with E-state index >= 15 is 0 Å². The molecule has 0 unspecified atom stereocenters. The Morgan fingerprint density at radius 2 is 2.40 bits per heavy atom. The highest BCUT2D eigenvalue weighted by Gasteiger charge is 2.09. The van der Waals surface area contributed by atoms with Crippen LogP contribution >= 0.6 is 0 Å². The van der Waals surface area contributed by atoms with Gasteiger partial charge in [-0.1, -0.05) is 0 Å². The van der Waals surface area contributed by atoms with Gasteiger partial charge in [-0.2, -0.15) is 0 Å². The molecule has 15 heavy (non-hydrogen) atoms. The molecule has 0 atom stereocenters. The zero-order valence-electron chi connectivity index (χ0n) is 7.62. The predicted octanol–water partition coefficient (Wildman–Crippen LogP) is 1.82. The van der Waals surface area contributed by atoms with E-state index in [4.69, 9.17) is 6.57 Å². The first-order valence-electron chi connectivity index (χ1n) is 4.15. The average molecular weight is 202 g/mol. The number of imidazole rings is 1. The average Bonchev–Trinajstić information content (AvgIpc) is 2.61. The number of nitrogens with zero attached hydrogens (tertiary/aromatic N) is 4. The second-order valence-corrected chi connectivity index (χ2v) is 2.94. The number of nitro benzene ring substituents is 1. The number of nitro groups is 1. The van der Waals surface area contributed by atoms with E-state index in [9.17, 15) is 10.1 Å². The van der Waals surface area contributed by atoms with Crippen LogP contribution in [0.3, 0.4) is 0 Å². The maximum atomic E-state index is 10.5. The van der Waals surface area contributed by atoms with Gasteiger partial charge in [-0.05, 0) is 6.07 Å². The van der Waals surface area contributed by atoms with E-state index in [1.807, 2.05) is 0 Å². The minimum atomic E-state index is -0.465. The van der Waals surface area contributed by atoms with Crippen molar-refractivity contribution in [3.63, 3.8) is 0 Å². The van der Waals surface area contributed by atoms with Crippen molar-refractivity contribution < 1.29 is 4.92 Å². The molecule has 0 amide bonds. The van der Waals surface area contributed by atoms with E-state index < -0.39 is 4.92 Å². The standard InChI is InChI=1S/C9H6N4O2/c1-10-5-12-6-11-8-4-7(13(14)15)2-3-9(8)12/h2-4,6H,5H2. The Hall–Kier alpha value is -2.42. The second-order valence-electron chi connectivity index (χ2n) is 2.94. The molecule has 1 aromatic carbocycles. The summed E-state index contributed by atoms with van der Waals surface area (Å²) in [6, 6.07) is 4.41. The van der Waals surface area contributed by atoms with E-state index in [1.165, 1.54) is 18.5 Å². The van der Waals surface area contributed by atoms with E-state index in [1.54, 1.807) is 10.6 Å². The van der Waals surface area contributed by atoms with Crippen molar-refractivity contribution in [3.05, 3.63) is 46.1 Å². The molecule has 0 N–H and O–H groups in total. The van der Waals surface area contributed by atoms with Crippen LogP contribution < -0.4 is 0 Å². The van der Waals surface area contributed by atoms with Gasteiger partial charge in [0.15, 0.2) is 0 Å². The highest BCUT2D eigenvalue weighted by molar-refractivity contribution is 5.77. The van der Waals surface area contributed by atoms with Gasteiger partial charge in [0.1, 0.15) is 6.33 Å². The third-order valence-electron chi connectivity index (χ3n) is 2.04. The Balaban J connectivity index is 2.57. The van der Waals surface area contributed by atoms with Gasteiger partial charge in [-0.3, -0.25) is 19.5 Å². The predicted molar refractivity (Wildman–Crippen MR) is 53.0 cm³/mol. The summed E-state index contributed by atoms with van der Waals surface area (Å²) in [6.07, 6.45) is 1.51. The Labute approximate surface area is 84.7 Å². The van der Waals surface area contributed by atoms with Gasteiger partial charge in [0, 0.05) is 12.1 Å². The molecule has 0 bridgehead atoms. The maximum Gasteiger partial charge on any atom is 0.294 e. The van der Waals surface area contributed by atoms with Gasteiger partial charge in [-0.25, -0.2) is 11.6 Å². The maximum absolute atomic E-state index is 10.5. The Kier molecular flexibility index (Phi) is 2.06. The number of benzene rings is 1. The molecular formula is C9H6N4O2. The first-order valence-corrected chi connectivity index (χ1v) is 4.15. The van der Waals surface area contributed by atoms with Gasteiger partial charge < -0.3 is 0 Å². The monoisotopic (exact) mass is 202 g/mol. The summed E-state index contributed by atoms with van der Waals surface area (Å²) in [5, 5.41) is 10.5. The van der Waals surface area contributed by atoms with Gasteiger partial charge >= 0.3 is 0 Å². The third-order valence-corrected chi connectivity index (χ3v) is 2.04. The van der Waals surface area contributed by atoms with Crippen LogP contribution in [0.1, 0.15) is 0 Å². The van der Waals surface area contributed by atoms with Crippen molar-refractivity contribution in [3.8, 4) is 0 Å². The molecule has 2 rings (SSSR count). The van der Waals surface area contributed by atoms with Crippen molar-refractivity contribution in [2.24, 2.45) is 0 Å². The van der Waals surface area contributed by atoms with E-state index in [0.29, 0.717) is 5.52 Å². The molecule has 6 heteroatoms. The molecule has 6 nitrogen and oxygen atoms in total. The molecule has 0 aliphatic heterocycles. The number of aromatic nitrogens is 2. The Bertz CT molecular complexity index is 567. The highest BCUT2D eigenvalue weighted by atomic mass is 16.6. The van der Waals surface area contributed by atoms with Gasteiger partial charge in [-0.15, -0.1) is 0 Å². The summed E-state index contributed by atoms with van der Waals surface area (Å²) in [6.45, 7) is 6.91. The van der Waals surface area contributed by atoms with Crippen LogP contribution in [0.4, 0.5) is 5.69 Å². The lowest BCUT2D eigenvalue weighted by Crippen LogP contribution is -1.91. The number of hydrogen-bond acceptors (Lipinski definition) is 3. The lowest BCUT2D eigenvalue weighted by molar-refractivity contribution is -0.384. The van der Waals surface area contributed by atoms with Crippen LogP contribution in [0, 0.1) is 16.7 Å². The zero-order chi connectivity index (χ0) is 10.8. The van der Waals surface area contributed by atoms with Crippen LogP contribution in [-0.2, 0) is 6.67 Å². The summed E-state index contributed by atoms with van der Waals surface area (Å²) in [5.41, 5.74) is 1.28. The minimum absolute atomic E-state index is 0.00978. The summed E-state index contributed by atoms with van der Waals surface area (Å²) >= 11 is 0. The lowest BCUT2D eigenvalue weighted by Gasteiger charge is -1.94. The summed E-state index contributed by atoms with van der Waals surface area (Å²) in [4.78, 5) is 17.3. The van der Waals surface area contributed by atoms with E-state index in [-0.39, 0.29) is 12.4 Å². The van der Waals surface area contributed by atoms with Crippen LogP contribution in [0.5, 0.6) is 0 Å². The molecule has 0 fully saturated rings. The molecule has 1 aromatic heterocycles. The van der Waals surface area contributed by atoms with Crippen LogP contribution in [0.25, 0.3) is 15.9 Å². The number of fused-ring (bicyclic) bond motifs is 1. The summed E-state index contributed by atoms with van der Waals surface area (Å²) in [5.74, 6) is 0. The molecule has 1 heterocycles. The third kappa shape index (κ3) is 1.50. The largest absolute Gasteiger partial charge is 0.294 e. The van der Waals surface area contributed by atoms with Crippen LogP contribution in [-0.4, -0.2) is 14.5 Å². The van der Waals surface area contributed by atoms with Crippen molar-refractivity contribution >= 4 is 16.7 Å². The molecular weight excluding hydrogens is 196 g/mol. The lowest BCUT2D eigenvalue weighted by atomic mass is 10.3. The molecule has 0 saturated heterocycles. The van der Waals surface area contributed by atoms with Crippen molar-refractivity contribution in [2.45, 2.75) is 6.67 Å². The number of non-ortho nitro benzene ring substituents is 1. The minimum Gasteiger partial charge on any atom is -0.293 e. The van der Waals surface area contributed by atoms with E-state index in [2.05, 4.69) is 9.83 Å². The summed E-state index contributed by atoms with van der Waals surface area (Å²) < 4.78 is 1.64. The summed E-state index contributed by atoms with van der Waals surface area (Å²) in [7, 11) is 0. The second kappa shape index (κ2) is 3.38. The molecule has 74 valence electrons. The first kappa shape index (κ1) is 9.15. The van der Waals surface area contributed by atoms with Crippen molar-refractivity contribution in [1.82, 2.24) is 9.55 Å². The number of hydrogen-bond donors (Lipinski definition) is 0. The number of rotatable bonds is 2. The van der Waals surface area contributed by atoms with Gasteiger partial charge in [0.2, 0.25) is 0 Å². The normalized spacial score (nSPS) is 10.1. The molecule has 0 saturated carbocycles. The topological polar surface area (TPSA) is 65.3 Å². The molecule has 0 spiro atoms.